The van der Waals surface area contributed by atoms with Crippen molar-refractivity contribution in [1.29, 1.82) is 0 Å². The summed E-state index contributed by atoms with van der Waals surface area (Å²) in [6.45, 7) is 7.55. The Kier molecular flexibility index (Phi) is 3.53. The van der Waals surface area contributed by atoms with E-state index >= 15 is 0 Å². The van der Waals surface area contributed by atoms with Crippen molar-refractivity contribution in [2.45, 2.75) is 32.6 Å². The predicted octanol–water partition coefficient (Wildman–Crippen LogP) is 2.88. The van der Waals surface area contributed by atoms with Gasteiger partial charge in [0.15, 0.2) is 0 Å². The minimum absolute atomic E-state index is 0.234. The number of rotatable bonds is 2. The van der Waals surface area contributed by atoms with Gasteiger partial charge in [0, 0.05) is 11.1 Å². The number of nitrogens with zero attached hydrogens (tertiary/aromatic N) is 1. The van der Waals surface area contributed by atoms with E-state index in [1.54, 1.807) is 37.3 Å². The molecule has 0 radical (unpaired) electrons. The minimum Gasteiger partial charge on any atom is -0.199 e. The van der Waals surface area contributed by atoms with E-state index in [4.69, 9.17) is 0 Å². The molecule has 0 bridgehead atoms. The summed E-state index contributed by atoms with van der Waals surface area (Å²) in [5.74, 6) is 0. The summed E-state index contributed by atoms with van der Waals surface area (Å²) in [6.07, 6.45) is 0. The molecule has 0 spiro atoms. The van der Waals surface area contributed by atoms with Crippen LogP contribution in [0.1, 0.15) is 27.7 Å². The SMILES string of the molecule is C/C(=N\S(=O)(=O)c1ccccc1)C(C)(C)C. The van der Waals surface area contributed by atoms with E-state index in [0.717, 1.165) is 0 Å². The fourth-order valence-corrected chi connectivity index (χ4v) is 2.20. The number of sulfonamides is 1. The first-order chi connectivity index (χ1) is 7.23. The van der Waals surface area contributed by atoms with Crippen LogP contribution in [0.3, 0.4) is 0 Å². The van der Waals surface area contributed by atoms with Crippen molar-refractivity contribution < 1.29 is 8.42 Å². The topological polar surface area (TPSA) is 46.5 Å². The highest BCUT2D eigenvalue weighted by atomic mass is 32.2. The highest BCUT2D eigenvalue weighted by molar-refractivity contribution is 7.90. The zero-order chi connectivity index (χ0) is 12.4. The summed E-state index contributed by atoms with van der Waals surface area (Å²) in [4.78, 5) is 0.235. The molecule has 0 N–H and O–H groups in total. The molecule has 0 aliphatic carbocycles. The van der Waals surface area contributed by atoms with Gasteiger partial charge in [-0.1, -0.05) is 39.0 Å². The van der Waals surface area contributed by atoms with Gasteiger partial charge in [0.05, 0.1) is 4.90 Å². The van der Waals surface area contributed by atoms with Gasteiger partial charge in [0.2, 0.25) is 0 Å². The second-order valence-electron chi connectivity index (χ2n) is 4.71. The Balaban J connectivity index is 3.16. The molecule has 0 aliphatic rings. The molecule has 4 heteroatoms. The molecule has 1 rings (SSSR count). The average molecular weight is 239 g/mol. The number of hydrogen-bond donors (Lipinski definition) is 0. The molecule has 0 aromatic heterocycles. The Labute approximate surface area is 97.3 Å². The lowest BCUT2D eigenvalue weighted by Gasteiger charge is -2.17. The zero-order valence-corrected chi connectivity index (χ0v) is 10.9. The molecule has 0 saturated carbocycles. The van der Waals surface area contributed by atoms with E-state index in [1.165, 1.54) is 0 Å². The Morgan fingerprint density at radius 3 is 2.06 bits per heavy atom. The molecule has 0 aliphatic heterocycles. The van der Waals surface area contributed by atoms with Crippen molar-refractivity contribution in [2.24, 2.45) is 9.81 Å². The third-order valence-corrected chi connectivity index (χ3v) is 3.77. The molecule has 0 heterocycles. The second kappa shape index (κ2) is 4.37. The van der Waals surface area contributed by atoms with Crippen LogP contribution in [0.5, 0.6) is 0 Å². The van der Waals surface area contributed by atoms with E-state index in [9.17, 15) is 8.42 Å². The van der Waals surface area contributed by atoms with E-state index in [2.05, 4.69) is 4.40 Å². The molecule has 0 fully saturated rings. The number of hydrogen-bond acceptors (Lipinski definition) is 2. The molecule has 88 valence electrons. The van der Waals surface area contributed by atoms with Gasteiger partial charge in [-0.2, -0.15) is 12.8 Å². The Bertz CT molecular complexity index is 482. The van der Waals surface area contributed by atoms with Crippen LogP contribution < -0.4 is 0 Å². The van der Waals surface area contributed by atoms with Crippen LogP contribution >= 0.6 is 0 Å². The largest absolute Gasteiger partial charge is 0.282 e. The Morgan fingerprint density at radius 1 is 1.12 bits per heavy atom. The summed E-state index contributed by atoms with van der Waals surface area (Å²) >= 11 is 0. The van der Waals surface area contributed by atoms with Crippen LogP contribution in [0, 0.1) is 5.41 Å². The third kappa shape index (κ3) is 3.17. The van der Waals surface area contributed by atoms with Crippen LogP contribution in [-0.4, -0.2) is 14.1 Å². The van der Waals surface area contributed by atoms with Gasteiger partial charge in [-0.3, -0.25) is 0 Å². The molecule has 1 aromatic carbocycles. The lowest BCUT2D eigenvalue weighted by atomic mass is 9.91. The van der Waals surface area contributed by atoms with Crippen molar-refractivity contribution in [1.82, 2.24) is 0 Å². The van der Waals surface area contributed by atoms with E-state index < -0.39 is 10.0 Å². The normalized spacial score (nSPS) is 13.9. The molecule has 16 heavy (non-hydrogen) atoms. The molecule has 0 atom stereocenters. The smallest absolute Gasteiger partial charge is 0.199 e. The summed E-state index contributed by atoms with van der Waals surface area (Å²) in [7, 11) is -3.55. The number of benzene rings is 1. The third-order valence-electron chi connectivity index (χ3n) is 2.38. The van der Waals surface area contributed by atoms with Crippen molar-refractivity contribution in [3.8, 4) is 0 Å². The van der Waals surface area contributed by atoms with Gasteiger partial charge >= 0.3 is 0 Å². The quantitative estimate of drug-likeness (QED) is 0.745. The highest BCUT2D eigenvalue weighted by Crippen LogP contribution is 2.19. The van der Waals surface area contributed by atoms with Crippen molar-refractivity contribution in [3.05, 3.63) is 30.3 Å². The molecule has 0 amide bonds. The van der Waals surface area contributed by atoms with Crippen LogP contribution in [0.2, 0.25) is 0 Å². The standard InChI is InChI=1S/C12H17NO2S/c1-10(12(2,3)4)13-16(14,15)11-8-6-5-7-9-11/h5-9H,1-4H3/b13-10+. The highest BCUT2D eigenvalue weighted by Gasteiger charge is 2.19. The Morgan fingerprint density at radius 2 is 1.62 bits per heavy atom. The first kappa shape index (κ1) is 12.9. The average Bonchev–Trinajstić information content (AvgIpc) is 2.17. The molecule has 1 aromatic rings. The van der Waals surface area contributed by atoms with E-state index in [1.807, 2.05) is 20.8 Å². The lowest BCUT2D eigenvalue weighted by Crippen LogP contribution is -2.18. The monoisotopic (exact) mass is 239 g/mol. The second-order valence-corrected chi connectivity index (χ2v) is 6.32. The maximum absolute atomic E-state index is 11.9. The first-order valence-electron chi connectivity index (χ1n) is 5.10. The van der Waals surface area contributed by atoms with Gasteiger partial charge in [0.1, 0.15) is 0 Å². The summed E-state index contributed by atoms with van der Waals surface area (Å²) in [5.41, 5.74) is 0.373. The minimum atomic E-state index is -3.55. The van der Waals surface area contributed by atoms with Gasteiger partial charge in [-0.15, -0.1) is 0 Å². The van der Waals surface area contributed by atoms with Crippen molar-refractivity contribution in [2.75, 3.05) is 0 Å². The van der Waals surface area contributed by atoms with Crippen LogP contribution in [-0.2, 0) is 10.0 Å². The lowest BCUT2D eigenvalue weighted by molar-refractivity contribution is 0.579. The molecular weight excluding hydrogens is 222 g/mol. The fourth-order valence-electron chi connectivity index (χ4n) is 0.962. The van der Waals surface area contributed by atoms with Gasteiger partial charge in [-0.05, 0) is 19.1 Å². The zero-order valence-electron chi connectivity index (χ0n) is 10.1. The van der Waals surface area contributed by atoms with E-state index in [-0.39, 0.29) is 10.3 Å². The van der Waals surface area contributed by atoms with Gasteiger partial charge in [-0.25, -0.2) is 0 Å². The predicted molar refractivity (Wildman–Crippen MR) is 66.2 cm³/mol. The maximum atomic E-state index is 11.9. The molecular formula is C12H17NO2S. The summed E-state index contributed by atoms with van der Waals surface area (Å²) in [6, 6.07) is 8.26. The van der Waals surface area contributed by atoms with Crippen LogP contribution in [0.4, 0.5) is 0 Å². The van der Waals surface area contributed by atoms with Crippen LogP contribution in [0.25, 0.3) is 0 Å². The van der Waals surface area contributed by atoms with Crippen LogP contribution in [0.15, 0.2) is 39.6 Å². The molecule has 3 nitrogen and oxygen atoms in total. The van der Waals surface area contributed by atoms with Crippen molar-refractivity contribution >= 4 is 15.7 Å². The molecule has 0 saturated heterocycles. The maximum Gasteiger partial charge on any atom is 0.282 e. The Hall–Kier alpha value is -1.16. The molecule has 0 unspecified atom stereocenters. The van der Waals surface area contributed by atoms with Crippen molar-refractivity contribution in [3.63, 3.8) is 0 Å². The first-order valence-corrected chi connectivity index (χ1v) is 6.54. The summed E-state index contributed by atoms with van der Waals surface area (Å²) < 4.78 is 27.6. The van der Waals surface area contributed by atoms with Gasteiger partial charge < -0.3 is 0 Å². The van der Waals surface area contributed by atoms with Gasteiger partial charge in [0.25, 0.3) is 10.0 Å². The summed E-state index contributed by atoms with van der Waals surface area (Å²) in [5, 5.41) is 0. The fraction of sp³-hybridized carbons (Fsp3) is 0.417. The van der Waals surface area contributed by atoms with E-state index in [0.29, 0.717) is 5.71 Å².